The van der Waals surface area contributed by atoms with E-state index in [1.807, 2.05) is 13.8 Å². The topological polar surface area (TPSA) is 127 Å². The minimum atomic E-state index is -0.541. The highest BCUT2D eigenvalue weighted by atomic mass is 35.5. The lowest BCUT2D eigenvalue weighted by molar-refractivity contribution is 0.0947. The first-order valence-electron chi connectivity index (χ1n) is 9.05. The summed E-state index contributed by atoms with van der Waals surface area (Å²) in [4.78, 5) is 26.9. The minimum absolute atomic E-state index is 0.00257. The van der Waals surface area contributed by atoms with E-state index in [0.717, 1.165) is 0 Å². The van der Waals surface area contributed by atoms with Crippen molar-refractivity contribution >= 4 is 23.7 Å². The minimum Gasteiger partial charge on any atom is -0.489 e. The summed E-state index contributed by atoms with van der Waals surface area (Å²) < 4.78 is 6.78. The smallest absolute Gasteiger partial charge is 0.290 e. The first-order chi connectivity index (χ1) is 14.2. The molecule has 0 unspecified atom stereocenters. The van der Waals surface area contributed by atoms with Crippen LogP contribution in [0.15, 0.2) is 34.2 Å². The number of aromatic nitrogens is 5. The maximum atomic E-state index is 12.6. The lowest BCUT2D eigenvalue weighted by Crippen LogP contribution is -2.24. The zero-order valence-electron chi connectivity index (χ0n) is 16.8. The van der Waals surface area contributed by atoms with Crippen LogP contribution in [0.3, 0.4) is 0 Å². The average Bonchev–Trinajstić information content (AvgIpc) is 3.07. The lowest BCUT2D eigenvalue weighted by Gasteiger charge is -2.11. The average molecular weight is 430 g/mol. The third-order valence-electron chi connectivity index (χ3n) is 3.81. The van der Waals surface area contributed by atoms with Gasteiger partial charge in [-0.2, -0.15) is 14.9 Å². The van der Waals surface area contributed by atoms with Gasteiger partial charge in [0.2, 0.25) is 0 Å². The molecule has 1 amide bonds. The van der Waals surface area contributed by atoms with Gasteiger partial charge in [-0.3, -0.25) is 14.6 Å². The number of ether oxygens (including phenoxy) is 1. The number of hydrogen-bond donors (Lipinski definition) is 2. The van der Waals surface area contributed by atoms with Crippen LogP contribution in [0.25, 0.3) is 5.95 Å². The highest BCUT2D eigenvalue weighted by molar-refractivity contribution is 6.32. The molecule has 0 saturated heterocycles. The summed E-state index contributed by atoms with van der Waals surface area (Å²) in [6.45, 7) is 7.05. The first kappa shape index (κ1) is 21.2. The number of aromatic amines is 1. The molecule has 0 saturated carbocycles. The number of carbonyl (C=O) groups is 1. The Kier molecular flexibility index (Phi) is 6.26. The van der Waals surface area contributed by atoms with Gasteiger partial charge in [-0.25, -0.2) is 5.43 Å². The fourth-order valence-corrected chi connectivity index (χ4v) is 2.71. The highest BCUT2D eigenvalue weighted by Gasteiger charge is 2.17. The van der Waals surface area contributed by atoms with Gasteiger partial charge in [-0.1, -0.05) is 11.6 Å². The van der Waals surface area contributed by atoms with Crippen LogP contribution in [-0.4, -0.2) is 43.2 Å². The van der Waals surface area contributed by atoms with E-state index in [1.165, 1.54) is 17.8 Å². The molecule has 3 rings (SSSR count). The molecule has 0 fully saturated rings. The maximum absolute atomic E-state index is 12.6. The van der Waals surface area contributed by atoms with Crippen LogP contribution in [0, 0.1) is 13.8 Å². The van der Waals surface area contributed by atoms with Crippen molar-refractivity contribution in [3.8, 4) is 11.7 Å². The van der Waals surface area contributed by atoms with Crippen molar-refractivity contribution in [2.75, 3.05) is 0 Å². The number of amides is 1. The number of hydrazone groups is 1. The summed E-state index contributed by atoms with van der Waals surface area (Å²) in [5.41, 5.74) is 3.58. The van der Waals surface area contributed by atoms with Gasteiger partial charge in [0.05, 0.1) is 23.0 Å². The number of H-pyrrole nitrogens is 1. The summed E-state index contributed by atoms with van der Waals surface area (Å²) in [6, 6.07) is 6.71. The summed E-state index contributed by atoms with van der Waals surface area (Å²) in [5, 5.41) is 16.2. The van der Waals surface area contributed by atoms with E-state index < -0.39 is 11.5 Å². The van der Waals surface area contributed by atoms with Crippen LogP contribution in [0.5, 0.6) is 5.75 Å². The van der Waals surface area contributed by atoms with Gasteiger partial charge in [0.25, 0.3) is 17.4 Å². The monoisotopic (exact) mass is 429 g/mol. The number of aryl methyl sites for hydroxylation is 2. The Hall–Kier alpha value is -3.53. The van der Waals surface area contributed by atoms with Crippen molar-refractivity contribution in [1.82, 2.24) is 30.4 Å². The van der Waals surface area contributed by atoms with Crippen molar-refractivity contribution in [2.24, 2.45) is 5.10 Å². The molecule has 0 radical (unpaired) electrons. The first-order valence-corrected chi connectivity index (χ1v) is 9.42. The van der Waals surface area contributed by atoms with Crippen LogP contribution in [0.2, 0.25) is 5.02 Å². The number of nitrogens with zero attached hydrogens (tertiary/aromatic N) is 5. The van der Waals surface area contributed by atoms with Gasteiger partial charge in [0.15, 0.2) is 0 Å². The fraction of sp³-hybridized carbons (Fsp3) is 0.263. The van der Waals surface area contributed by atoms with Crippen molar-refractivity contribution in [2.45, 2.75) is 33.8 Å². The molecule has 2 N–H and O–H groups in total. The summed E-state index contributed by atoms with van der Waals surface area (Å²) in [5.74, 6) is 0.0571. The van der Waals surface area contributed by atoms with Crippen molar-refractivity contribution in [3.63, 3.8) is 0 Å². The second-order valence-electron chi connectivity index (χ2n) is 6.70. The fourth-order valence-electron chi connectivity index (χ4n) is 2.47. The molecule has 2 aromatic heterocycles. The molecule has 0 atom stereocenters. The number of halogens is 1. The number of rotatable bonds is 6. The molecule has 0 spiro atoms. The van der Waals surface area contributed by atoms with Crippen LogP contribution in [0.4, 0.5) is 0 Å². The van der Waals surface area contributed by atoms with E-state index in [9.17, 15) is 9.59 Å². The number of benzene rings is 1. The van der Waals surface area contributed by atoms with Crippen LogP contribution < -0.4 is 15.7 Å². The Morgan fingerprint density at radius 2 is 2.07 bits per heavy atom. The third-order valence-corrected chi connectivity index (χ3v) is 4.11. The molecular formula is C19H20ClN7O3. The van der Waals surface area contributed by atoms with E-state index in [-0.39, 0.29) is 23.4 Å². The van der Waals surface area contributed by atoms with E-state index in [1.54, 1.807) is 31.2 Å². The Bertz CT molecular complexity index is 1170. The van der Waals surface area contributed by atoms with E-state index in [4.69, 9.17) is 16.3 Å². The van der Waals surface area contributed by atoms with E-state index >= 15 is 0 Å². The summed E-state index contributed by atoms with van der Waals surface area (Å²) >= 11 is 6.20. The van der Waals surface area contributed by atoms with E-state index in [2.05, 4.69) is 30.8 Å². The quantitative estimate of drug-likeness (QED) is 0.456. The molecular weight excluding hydrogens is 410 g/mol. The van der Waals surface area contributed by atoms with Crippen LogP contribution in [0.1, 0.15) is 41.3 Å². The zero-order chi connectivity index (χ0) is 21.8. The van der Waals surface area contributed by atoms with Gasteiger partial charge in [0.1, 0.15) is 17.1 Å². The standard InChI is InChI=1S/C19H20ClN7O3/c1-10(2)30-16-6-5-13(8-14(16)20)9-21-24-18(29)15-7-11(3)26-27(15)19-22-17(28)12(4)23-25-19/h5-10H,1-4H3,(H,24,29)(H,22,25,28)/b21-9-. The Labute approximate surface area is 176 Å². The number of nitrogens with one attached hydrogen (secondary N) is 2. The van der Waals surface area contributed by atoms with Crippen molar-refractivity contribution < 1.29 is 9.53 Å². The maximum Gasteiger partial charge on any atom is 0.290 e. The molecule has 3 aromatic rings. The van der Waals surface area contributed by atoms with Crippen molar-refractivity contribution in [3.05, 3.63) is 62.3 Å². The molecule has 0 aliphatic rings. The SMILES string of the molecule is Cc1cc(C(=O)N/N=C\c2ccc(OC(C)C)c(Cl)c2)n(-c2nnc(C)c(=O)[nH]2)n1. The van der Waals surface area contributed by atoms with Gasteiger partial charge >= 0.3 is 0 Å². The normalized spacial score (nSPS) is 11.3. The second kappa shape index (κ2) is 8.87. The van der Waals surface area contributed by atoms with Crippen LogP contribution in [-0.2, 0) is 0 Å². The third kappa shape index (κ3) is 4.90. The number of hydrogen-bond acceptors (Lipinski definition) is 7. The van der Waals surface area contributed by atoms with Gasteiger partial charge < -0.3 is 4.74 Å². The Morgan fingerprint density at radius 1 is 1.30 bits per heavy atom. The Morgan fingerprint density at radius 3 is 2.73 bits per heavy atom. The molecule has 11 heteroatoms. The molecule has 0 aliphatic heterocycles. The van der Waals surface area contributed by atoms with Gasteiger partial charge in [-0.15, -0.1) is 10.2 Å². The largest absolute Gasteiger partial charge is 0.489 e. The molecule has 156 valence electrons. The predicted octanol–water partition coefficient (Wildman–Crippen LogP) is 2.17. The molecule has 0 aliphatic carbocycles. The molecule has 30 heavy (non-hydrogen) atoms. The molecule has 10 nitrogen and oxygen atoms in total. The van der Waals surface area contributed by atoms with Crippen LogP contribution >= 0.6 is 11.6 Å². The van der Waals surface area contributed by atoms with E-state index in [0.29, 0.717) is 22.0 Å². The van der Waals surface area contributed by atoms with Gasteiger partial charge in [0, 0.05) is 0 Å². The number of carbonyl (C=O) groups excluding carboxylic acids is 1. The highest BCUT2D eigenvalue weighted by Crippen LogP contribution is 2.25. The lowest BCUT2D eigenvalue weighted by atomic mass is 10.2. The van der Waals surface area contributed by atoms with Gasteiger partial charge in [-0.05, 0) is 57.5 Å². The summed E-state index contributed by atoms with van der Waals surface area (Å²) in [6.07, 6.45) is 1.45. The second-order valence-corrected chi connectivity index (χ2v) is 7.11. The zero-order valence-corrected chi connectivity index (χ0v) is 17.6. The molecule has 2 heterocycles. The summed E-state index contributed by atoms with van der Waals surface area (Å²) in [7, 11) is 0. The Balaban J connectivity index is 1.76. The van der Waals surface area contributed by atoms with Crippen molar-refractivity contribution in [1.29, 1.82) is 0 Å². The molecule has 1 aromatic carbocycles. The predicted molar refractivity (Wildman–Crippen MR) is 112 cm³/mol. The molecule has 0 bridgehead atoms.